The summed E-state index contributed by atoms with van der Waals surface area (Å²) in [6.07, 6.45) is 2.35. The summed E-state index contributed by atoms with van der Waals surface area (Å²) in [6, 6.07) is 15.2. The molecule has 1 heterocycles. The van der Waals surface area contributed by atoms with Crippen LogP contribution >= 0.6 is 0 Å². The molecular formula is C28H33N3O4. The summed E-state index contributed by atoms with van der Waals surface area (Å²) in [5.74, 6) is -0.352. The first-order valence-electron chi connectivity index (χ1n) is 11.7. The molecule has 2 aromatic carbocycles. The molecule has 0 radical (unpaired) electrons. The van der Waals surface area contributed by atoms with Crippen LogP contribution in [0.1, 0.15) is 45.9 Å². The maximum absolute atomic E-state index is 13.6. The molecule has 3 aromatic rings. The number of carbonyl (C=O) groups is 2. The van der Waals surface area contributed by atoms with Gasteiger partial charge in [0, 0.05) is 29.3 Å². The Morgan fingerprint density at radius 3 is 2.37 bits per heavy atom. The summed E-state index contributed by atoms with van der Waals surface area (Å²) in [4.78, 5) is 37.4. The molecule has 3 rings (SSSR count). The van der Waals surface area contributed by atoms with E-state index in [0.29, 0.717) is 17.6 Å². The normalized spacial score (nSPS) is 11.8. The molecule has 0 bridgehead atoms. The van der Waals surface area contributed by atoms with E-state index >= 15 is 0 Å². The molecule has 0 atom stereocenters. The van der Waals surface area contributed by atoms with E-state index in [0.717, 1.165) is 22.1 Å². The third-order valence-electron chi connectivity index (χ3n) is 5.25. The molecule has 7 heteroatoms. The van der Waals surface area contributed by atoms with Gasteiger partial charge in [-0.2, -0.15) is 0 Å². The van der Waals surface area contributed by atoms with Crippen LogP contribution < -0.4 is 16.6 Å². The SMILES string of the molecule is CC(C)Cn1c(CNC(=O)OC(C)(C)C)c(-c2ccccc2)c2cc(C=CC(N)=O)ccc2c1=O. The minimum absolute atomic E-state index is 0.110. The van der Waals surface area contributed by atoms with Crippen LogP contribution in [-0.2, 0) is 22.6 Å². The lowest BCUT2D eigenvalue weighted by Crippen LogP contribution is -2.35. The number of nitrogens with two attached hydrogens (primary N) is 1. The molecule has 0 unspecified atom stereocenters. The molecule has 35 heavy (non-hydrogen) atoms. The van der Waals surface area contributed by atoms with Crippen LogP contribution in [0.3, 0.4) is 0 Å². The average molecular weight is 476 g/mol. The number of aromatic nitrogens is 1. The maximum atomic E-state index is 13.6. The fourth-order valence-corrected chi connectivity index (χ4v) is 3.93. The first kappa shape index (κ1) is 25.7. The van der Waals surface area contributed by atoms with E-state index < -0.39 is 17.6 Å². The van der Waals surface area contributed by atoms with Crippen molar-refractivity contribution in [3.63, 3.8) is 0 Å². The second-order valence-corrected chi connectivity index (χ2v) is 9.89. The summed E-state index contributed by atoms with van der Waals surface area (Å²) in [7, 11) is 0. The molecule has 2 amide bonds. The van der Waals surface area contributed by atoms with E-state index in [-0.39, 0.29) is 18.0 Å². The van der Waals surface area contributed by atoms with Gasteiger partial charge in [-0.15, -0.1) is 0 Å². The van der Waals surface area contributed by atoms with Gasteiger partial charge in [-0.3, -0.25) is 9.59 Å². The van der Waals surface area contributed by atoms with Crippen LogP contribution in [0.2, 0.25) is 0 Å². The third-order valence-corrected chi connectivity index (χ3v) is 5.25. The number of carbonyl (C=O) groups excluding carboxylic acids is 2. The van der Waals surface area contributed by atoms with Crippen LogP contribution in [0.25, 0.3) is 28.0 Å². The fourth-order valence-electron chi connectivity index (χ4n) is 3.93. The lowest BCUT2D eigenvalue weighted by atomic mass is 9.94. The van der Waals surface area contributed by atoms with Crippen molar-refractivity contribution in [1.82, 2.24) is 9.88 Å². The Labute approximate surface area is 205 Å². The summed E-state index contributed by atoms with van der Waals surface area (Å²) >= 11 is 0. The van der Waals surface area contributed by atoms with Gasteiger partial charge in [0.25, 0.3) is 5.56 Å². The Morgan fingerprint density at radius 2 is 1.77 bits per heavy atom. The molecule has 0 aliphatic carbocycles. The van der Waals surface area contributed by atoms with Crippen molar-refractivity contribution in [1.29, 1.82) is 0 Å². The van der Waals surface area contributed by atoms with Crippen LogP contribution in [0.5, 0.6) is 0 Å². The molecule has 0 saturated carbocycles. The summed E-state index contributed by atoms with van der Waals surface area (Å²) in [5.41, 5.74) is 7.66. The predicted molar refractivity (Wildman–Crippen MR) is 140 cm³/mol. The number of ether oxygens (including phenoxy) is 1. The van der Waals surface area contributed by atoms with Crippen molar-refractivity contribution < 1.29 is 14.3 Å². The van der Waals surface area contributed by atoms with Gasteiger partial charge in [0.05, 0.1) is 6.54 Å². The van der Waals surface area contributed by atoms with Crippen LogP contribution in [0.15, 0.2) is 59.4 Å². The Bertz CT molecular complexity index is 1320. The Balaban J connectivity index is 2.29. The van der Waals surface area contributed by atoms with Crippen molar-refractivity contribution in [2.45, 2.75) is 53.3 Å². The van der Waals surface area contributed by atoms with Crippen LogP contribution in [-0.4, -0.2) is 22.2 Å². The summed E-state index contributed by atoms with van der Waals surface area (Å²) in [6.45, 7) is 10.1. The number of hydrogen-bond donors (Lipinski definition) is 2. The monoisotopic (exact) mass is 475 g/mol. The Hall–Kier alpha value is -3.87. The molecule has 0 fully saturated rings. The van der Waals surface area contributed by atoms with Gasteiger partial charge >= 0.3 is 6.09 Å². The molecule has 1 aromatic heterocycles. The van der Waals surface area contributed by atoms with Crippen molar-refractivity contribution in [3.05, 3.63) is 76.2 Å². The minimum Gasteiger partial charge on any atom is -0.444 e. The highest BCUT2D eigenvalue weighted by atomic mass is 16.6. The second kappa shape index (κ2) is 10.6. The number of fused-ring (bicyclic) bond motifs is 1. The zero-order valence-electron chi connectivity index (χ0n) is 20.9. The van der Waals surface area contributed by atoms with Crippen molar-refractivity contribution in [3.8, 4) is 11.1 Å². The number of nitrogens with one attached hydrogen (secondary N) is 1. The highest BCUT2D eigenvalue weighted by Crippen LogP contribution is 2.32. The molecule has 0 saturated heterocycles. The average Bonchev–Trinajstić information content (AvgIpc) is 2.77. The van der Waals surface area contributed by atoms with Crippen LogP contribution in [0.4, 0.5) is 4.79 Å². The predicted octanol–water partition coefficient (Wildman–Crippen LogP) is 4.85. The van der Waals surface area contributed by atoms with Gasteiger partial charge in [-0.05, 0) is 61.4 Å². The zero-order chi connectivity index (χ0) is 25.8. The summed E-state index contributed by atoms with van der Waals surface area (Å²) in [5, 5.41) is 4.12. The van der Waals surface area contributed by atoms with E-state index in [4.69, 9.17) is 10.5 Å². The van der Waals surface area contributed by atoms with E-state index in [2.05, 4.69) is 5.32 Å². The van der Waals surface area contributed by atoms with Crippen molar-refractivity contribution in [2.75, 3.05) is 0 Å². The van der Waals surface area contributed by atoms with E-state index in [1.165, 1.54) is 6.08 Å². The number of hydrogen-bond acceptors (Lipinski definition) is 4. The molecule has 0 aliphatic heterocycles. The minimum atomic E-state index is -0.644. The maximum Gasteiger partial charge on any atom is 0.407 e. The molecule has 3 N–H and O–H groups in total. The summed E-state index contributed by atoms with van der Waals surface area (Å²) < 4.78 is 7.17. The number of amides is 2. The van der Waals surface area contributed by atoms with Gasteiger partial charge in [-0.1, -0.05) is 50.2 Å². The zero-order valence-corrected chi connectivity index (χ0v) is 20.9. The van der Waals surface area contributed by atoms with Gasteiger partial charge in [0.15, 0.2) is 0 Å². The number of primary amides is 1. The van der Waals surface area contributed by atoms with E-state index in [9.17, 15) is 14.4 Å². The van der Waals surface area contributed by atoms with Gasteiger partial charge in [0.2, 0.25) is 5.91 Å². The second-order valence-electron chi connectivity index (χ2n) is 9.89. The van der Waals surface area contributed by atoms with Gasteiger partial charge in [-0.25, -0.2) is 4.79 Å². The van der Waals surface area contributed by atoms with Gasteiger partial charge < -0.3 is 20.4 Å². The molecule has 0 spiro atoms. The Morgan fingerprint density at radius 1 is 1.09 bits per heavy atom. The van der Waals surface area contributed by atoms with Crippen molar-refractivity contribution in [2.24, 2.45) is 11.7 Å². The smallest absolute Gasteiger partial charge is 0.407 e. The highest BCUT2D eigenvalue weighted by Gasteiger charge is 2.21. The molecule has 184 valence electrons. The van der Waals surface area contributed by atoms with E-state index in [1.807, 2.05) is 50.2 Å². The Kier molecular flexibility index (Phi) is 7.79. The molecule has 0 aliphatic rings. The first-order chi connectivity index (χ1) is 16.5. The number of nitrogens with zero attached hydrogens (tertiary/aromatic N) is 1. The van der Waals surface area contributed by atoms with E-state index in [1.54, 1.807) is 43.5 Å². The highest BCUT2D eigenvalue weighted by molar-refractivity contribution is 5.99. The molecule has 7 nitrogen and oxygen atoms in total. The lowest BCUT2D eigenvalue weighted by Gasteiger charge is -2.23. The van der Waals surface area contributed by atoms with Gasteiger partial charge in [0.1, 0.15) is 5.60 Å². The third kappa shape index (κ3) is 6.59. The molecular weight excluding hydrogens is 442 g/mol. The van der Waals surface area contributed by atoms with Crippen molar-refractivity contribution >= 4 is 28.8 Å². The number of alkyl carbamates (subject to hydrolysis) is 1. The topological polar surface area (TPSA) is 103 Å². The standard InChI is InChI=1S/C28H33N3O4/c1-18(2)17-31-23(16-30-27(34)35-28(3,4)5)25(20-9-7-6-8-10-20)22-15-19(12-14-24(29)32)11-13-21(22)26(31)33/h6-15,18H,16-17H2,1-5H3,(H2,29,32)(H,30,34). The lowest BCUT2D eigenvalue weighted by molar-refractivity contribution is -0.113. The largest absolute Gasteiger partial charge is 0.444 e. The number of benzene rings is 2. The number of pyridine rings is 1. The number of rotatable bonds is 7. The quantitative estimate of drug-likeness (QED) is 0.477. The van der Waals surface area contributed by atoms with Crippen LogP contribution in [0, 0.1) is 5.92 Å². The fraction of sp³-hybridized carbons (Fsp3) is 0.321. The first-order valence-corrected chi connectivity index (χ1v) is 11.7.